The molecule has 0 amide bonds. The molecule has 2 N–H and O–H groups in total. The average molecular weight is 279 g/mol. The number of benzene rings is 1. The molecule has 0 aliphatic rings. The summed E-state index contributed by atoms with van der Waals surface area (Å²) in [5, 5.41) is 14.2. The largest absolute Gasteiger partial charge is 0.381 e. The van der Waals surface area contributed by atoms with Crippen LogP contribution in [0.3, 0.4) is 0 Å². The van der Waals surface area contributed by atoms with Crippen molar-refractivity contribution in [2.45, 2.75) is 20.3 Å². The summed E-state index contributed by atoms with van der Waals surface area (Å²) in [6.45, 7) is 3.98. The van der Waals surface area contributed by atoms with Crippen molar-refractivity contribution >= 4 is 11.5 Å². The summed E-state index contributed by atoms with van der Waals surface area (Å²) in [7, 11) is 0. The van der Waals surface area contributed by atoms with Crippen LogP contribution < -0.4 is 5.73 Å². The van der Waals surface area contributed by atoms with Gasteiger partial charge in [0.1, 0.15) is 5.82 Å². The van der Waals surface area contributed by atoms with Gasteiger partial charge in [-0.2, -0.15) is 0 Å². The Morgan fingerprint density at radius 1 is 1.50 bits per heavy atom. The third-order valence-corrected chi connectivity index (χ3v) is 2.84. The van der Waals surface area contributed by atoms with Crippen LogP contribution in [-0.2, 0) is 6.42 Å². The predicted octanol–water partition coefficient (Wildman–Crippen LogP) is 3.17. The van der Waals surface area contributed by atoms with E-state index in [0.717, 1.165) is 6.07 Å². The second-order valence-electron chi connectivity index (χ2n) is 4.89. The number of nitrogens with two attached hydrogens (primary N) is 1. The van der Waals surface area contributed by atoms with Crippen molar-refractivity contribution in [2.24, 2.45) is 5.92 Å². The Labute approximate surface area is 114 Å². The highest BCUT2D eigenvalue weighted by molar-refractivity contribution is 5.67. The van der Waals surface area contributed by atoms with Crippen LogP contribution in [0.5, 0.6) is 0 Å². The molecule has 1 aromatic heterocycles. The van der Waals surface area contributed by atoms with Crippen LogP contribution in [0, 0.1) is 21.8 Å². The van der Waals surface area contributed by atoms with E-state index >= 15 is 0 Å². The molecule has 106 valence electrons. The van der Waals surface area contributed by atoms with Crippen LogP contribution >= 0.6 is 0 Å². The van der Waals surface area contributed by atoms with E-state index in [2.05, 4.69) is 5.16 Å². The lowest BCUT2D eigenvalue weighted by Gasteiger charge is -2.06. The van der Waals surface area contributed by atoms with Crippen LogP contribution in [0.25, 0.3) is 11.3 Å². The van der Waals surface area contributed by atoms with E-state index in [0.29, 0.717) is 12.0 Å². The summed E-state index contributed by atoms with van der Waals surface area (Å²) in [5.41, 5.74) is 6.14. The fourth-order valence-electron chi connectivity index (χ4n) is 1.94. The van der Waals surface area contributed by atoms with Crippen molar-refractivity contribution in [2.75, 3.05) is 5.73 Å². The van der Waals surface area contributed by atoms with Crippen molar-refractivity contribution in [3.63, 3.8) is 0 Å². The standard InChI is InChI=1S/C13H14FN3O3/c1-7(2)5-10-12(20-16-13(10)15)9-4-3-8(17(18)19)6-11(9)14/h3-4,6-7H,5H2,1-2H3,(H2,15,16). The number of nitro groups is 1. The molecule has 0 spiro atoms. The Kier molecular flexibility index (Phi) is 3.69. The van der Waals surface area contributed by atoms with Gasteiger partial charge in [0.05, 0.1) is 16.6 Å². The topological polar surface area (TPSA) is 95.2 Å². The van der Waals surface area contributed by atoms with E-state index in [1.165, 1.54) is 12.1 Å². The molecule has 2 rings (SSSR count). The number of hydrogen-bond acceptors (Lipinski definition) is 5. The number of halogens is 1. The van der Waals surface area contributed by atoms with Crippen molar-refractivity contribution in [3.05, 3.63) is 39.7 Å². The number of aromatic nitrogens is 1. The van der Waals surface area contributed by atoms with Gasteiger partial charge in [-0.15, -0.1) is 0 Å². The normalized spacial score (nSPS) is 11.0. The molecule has 0 fully saturated rings. The molecule has 7 heteroatoms. The summed E-state index contributed by atoms with van der Waals surface area (Å²) in [4.78, 5) is 9.94. The Morgan fingerprint density at radius 3 is 2.75 bits per heavy atom. The maximum Gasteiger partial charge on any atom is 0.272 e. The van der Waals surface area contributed by atoms with Crippen LogP contribution in [0.2, 0.25) is 0 Å². The molecule has 0 radical (unpaired) electrons. The van der Waals surface area contributed by atoms with E-state index in [-0.39, 0.29) is 28.7 Å². The van der Waals surface area contributed by atoms with Gasteiger partial charge in [-0.25, -0.2) is 4.39 Å². The molecule has 2 aromatic rings. The number of non-ortho nitro benzene ring substituents is 1. The van der Waals surface area contributed by atoms with Gasteiger partial charge in [-0.3, -0.25) is 10.1 Å². The van der Waals surface area contributed by atoms with Gasteiger partial charge in [-0.1, -0.05) is 19.0 Å². The highest BCUT2D eigenvalue weighted by Gasteiger charge is 2.21. The highest BCUT2D eigenvalue weighted by atomic mass is 19.1. The van der Waals surface area contributed by atoms with Gasteiger partial charge < -0.3 is 10.3 Å². The Morgan fingerprint density at radius 2 is 2.20 bits per heavy atom. The molecule has 0 bridgehead atoms. The van der Waals surface area contributed by atoms with Crippen LogP contribution in [0.15, 0.2) is 22.7 Å². The van der Waals surface area contributed by atoms with Gasteiger partial charge in [0.15, 0.2) is 11.6 Å². The monoisotopic (exact) mass is 279 g/mol. The third kappa shape index (κ3) is 2.61. The summed E-state index contributed by atoms with van der Waals surface area (Å²) < 4.78 is 19.1. The molecular formula is C13H14FN3O3. The Hall–Kier alpha value is -2.44. The first-order valence-electron chi connectivity index (χ1n) is 6.08. The second-order valence-corrected chi connectivity index (χ2v) is 4.89. The summed E-state index contributed by atoms with van der Waals surface area (Å²) >= 11 is 0. The van der Waals surface area contributed by atoms with Crippen LogP contribution in [0.1, 0.15) is 19.4 Å². The van der Waals surface area contributed by atoms with Gasteiger partial charge in [-0.05, 0) is 18.4 Å². The zero-order valence-corrected chi connectivity index (χ0v) is 11.1. The molecular weight excluding hydrogens is 265 g/mol. The quantitative estimate of drug-likeness (QED) is 0.685. The minimum absolute atomic E-state index is 0.121. The molecule has 0 saturated heterocycles. The highest BCUT2D eigenvalue weighted by Crippen LogP contribution is 2.32. The number of hydrogen-bond donors (Lipinski definition) is 1. The summed E-state index contributed by atoms with van der Waals surface area (Å²) in [5.74, 6) is -0.00744. The lowest BCUT2D eigenvalue weighted by atomic mass is 9.99. The zero-order valence-electron chi connectivity index (χ0n) is 11.1. The Bertz CT molecular complexity index is 652. The first-order chi connectivity index (χ1) is 9.40. The summed E-state index contributed by atoms with van der Waals surface area (Å²) in [6.07, 6.45) is 0.584. The maximum absolute atomic E-state index is 14.0. The lowest BCUT2D eigenvalue weighted by Crippen LogP contribution is -1.99. The number of nitrogens with zero attached hydrogens (tertiary/aromatic N) is 2. The van der Waals surface area contributed by atoms with Crippen molar-refractivity contribution in [1.82, 2.24) is 5.16 Å². The minimum Gasteiger partial charge on any atom is -0.381 e. The second kappa shape index (κ2) is 5.28. The van der Waals surface area contributed by atoms with Crippen LogP contribution in [0.4, 0.5) is 15.9 Å². The van der Waals surface area contributed by atoms with Crippen molar-refractivity contribution in [1.29, 1.82) is 0 Å². The molecule has 20 heavy (non-hydrogen) atoms. The number of rotatable bonds is 4. The fourth-order valence-corrected chi connectivity index (χ4v) is 1.94. The third-order valence-electron chi connectivity index (χ3n) is 2.84. The molecule has 1 aromatic carbocycles. The molecule has 0 unspecified atom stereocenters. The van der Waals surface area contributed by atoms with Gasteiger partial charge >= 0.3 is 0 Å². The lowest BCUT2D eigenvalue weighted by molar-refractivity contribution is -0.385. The van der Waals surface area contributed by atoms with Gasteiger partial charge in [0.25, 0.3) is 5.69 Å². The fraction of sp³-hybridized carbons (Fsp3) is 0.308. The van der Waals surface area contributed by atoms with Gasteiger partial charge in [0, 0.05) is 11.6 Å². The van der Waals surface area contributed by atoms with E-state index in [1.807, 2.05) is 13.8 Å². The van der Waals surface area contributed by atoms with E-state index in [9.17, 15) is 14.5 Å². The van der Waals surface area contributed by atoms with E-state index < -0.39 is 10.7 Å². The minimum atomic E-state index is -0.736. The Balaban J connectivity index is 2.49. The first kappa shape index (κ1) is 14.0. The molecule has 1 heterocycles. The number of nitro benzene ring substituents is 1. The van der Waals surface area contributed by atoms with Gasteiger partial charge in [0.2, 0.25) is 0 Å². The average Bonchev–Trinajstić information content (AvgIpc) is 2.70. The molecule has 0 aliphatic carbocycles. The predicted molar refractivity (Wildman–Crippen MR) is 71.5 cm³/mol. The van der Waals surface area contributed by atoms with E-state index in [4.69, 9.17) is 10.3 Å². The smallest absolute Gasteiger partial charge is 0.272 e. The van der Waals surface area contributed by atoms with Crippen molar-refractivity contribution < 1.29 is 13.8 Å². The van der Waals surface area contributed by atoms with Crippen molar-refractivity contribution in [3.8, 4) is 11.3 Å². The van der Waals surface area contributed by atoms with Crippen LogP contribution in [-0.4, -0.2) is 10.1 Å². The molecule has 0 atom stereocenters. The number of anilines is 1. The SMILES string of the molecule is CC(C)Cc1c(N)noc1-c1ccc([N+](=O)[O-])cc1F. The summed E-state index contributed by atoms with van der Waals surface area (Å²) in [6, 6.07) is 3.38. The van der Waals surface area contributed by atoms with E-state index in [1.54, 1.807) is 0 Å². The number of nitrogen functional groups attached to an aromatic ring is 1. The first-order valence-corrected chi connectivity index (χ1v) is 6.08. The molecule has 0 aliphatic heterocycles. The zero-order chi connectivity index (χ0) is 14.9. The molecule has 6 nitrogen and oxygen atoms in total. The molecule has 0 saturated carbocycles. The maximum atomic E-state index is 14.0.